The van der Waals surface area contributed by atoms with Gasteiger partial charge in [-0.05, 0) is 101 Å². The number of fused-ring (bicyclic) bond motifs is 6. The van der Waals surface area contributed by atoms with Gasteiger partial charge in [0.15, 0.2) is 0 Å². The van der Waals surface area contributed by atoms with Gasteiger partial charge in [0.25, 0.3) is 0 Å². The van der Waals surface area contributed by atoms with Crippen LogP contribution in [0.2, 0.25) is 0 Å². The zero-order valence-corrected chi connectivity index (χ0v) is 33.0. The molecule has 1 aliphatic rings. The highest BCUT2D eigenvalue weighted by atomic mass is 14.7. The van der Waals surface area contributed by atoms with Crippen molar-refractivity contribution < 1.29 is 0 Å². The number of hydrogen-bond acceptors (Lipinski definition) is 3. The molecule has 0 amide bonds. The van der Waals surface area contributed by atoms with Crippen molar-refractivity contribution in [2.75, 3.05) is 0 Å². The van der Waals surface area contributed by atoms with E-state index in [1.54, 1.807) is 6.20 Å². The lowest BCUT2D eigenvalue weighted by atomic mass is 9.78. The Morgan fingerprint density at radius 1 is 0.542 bits per heavy atom. The van der Waals surface area contributed by atoms with Gasteiger partial charge < -0.3 is 5.41 Å². The van der Waals surface area contributed by atoms with Gasteiger partial charge in [-0.15, -0.1) is 0 Å². The molecule has 0 aliphatic heterocycles. The van der Waals surface area contributed by atoms with Gasteiger partial charge in [0.2, 0.25) is 0 Å². The van der Waals surface area contributed by atoms with Crippen LogP contribution in [0.4, 0.5) is 0 Å². The van der Waals surface area contributed by atoms with Gasteiger partial charge in [0.05, 0.1) is 11.4 Å². The van der Waals surface area contributed by atoms with Crippen molar-refractivity contribution in [1.82, 2.24) is 4.98 Å². The van der Waals surface area contributed by atoms with Crippen LogP contribution in [0.5, 0.6) is 0 Å². The van der Waals surface area contributed by atoms with Gasteiger partial charge in [0.1, 0.15) is 0 Å². The first-order chi connectivity index (χ1) is 28.9. The van der Waals surface area contributed by atoms with E-state index in [0.717, 1.165) is 38.6 Å². The molecule has 0 spiro atoms. The summed E-state index contributed by atoms with van der Waals surface area (Å²) in [5.41, 5.74) is 16.2. The monoisotopic (exact) mass is 755 g/mol. The third-order valence-corrected chi connectivity index (χ3v) is 11.9. The molecule has 8 aromatic carbocycles. The van der Waals surface area contributed by atoms with Gasteiger partial charge in [-0.3, -0.25) is 9.98 Å². The Hall–Kier alpha value is -7.49. The Morgan fingerprint density at radius 3 is 2.03 bits per heavy atom. The van der Waals surface area contributed by atoms with Gasteiger partial charge in [-0.2, -0.15) is 0 Å². The molecular weight excluding hydrogens is 715 g/mol. The molecule has 0 bridgehead atoms. The zero-order chi connectivity index (χ0) is 39.9. The predicted octanol–water partition coefficient (Wildman–Crippen LogP) is 14.2. The maximum Gasteiger partial charge on any atom is 0.0723 e. The van der Waals surface area contributed by atoms with Crippen molar-refractivity contribution in [3.05, 3.63) is 228 Å². The Kier molecular flexibility index (Phi) is 8.99. The molecule has 0 fully saturated rings. The molecule has 10 rings (SSSR count). The largest absolute Gasteiger partial charge is 0.300 e. The van der Waals surface area contributed by atoms with Crippen LogP contribution in [0.25, 0.3) is 71.7 Å². The summed E-state index contributed by atoms with van der Waals surface area (Å²) in [5.74, 6) is 0. The van der Waals surface area contributed by atoms with Crippen LogP contribution in [0.15, 0.2) is 205 Å². The third kappa shape index (κ3) is 6.47. The molecular formula is C56H41N3. The summed E-state index contributed by atoms with van der Waals surface area (Å²) in [7, 11) is 0. The summed E-state index contributed by atoms with van der Waals surface area (Å²) in [6, 6.07) is 64.3. The molecule has 0 radical (unpaired) electrons. The second kappa shape index (κ2) is 14.8. The predicted molar refractivity (Wildman–Crippen MR) is 248 cm³/mol. The van der Waals surface area contributed by atoms with Crippen LogP contribution >= 0.6 is 0 Å². The third-order valence-electron chi connectivity index (χ3n) is 11.9. The quantitative estimate of drug-likeness (QED) is 0.154. The fourth-order valence-corrected chi connectivity index (χ4v) is 8.97. The van der Waals surface area contributed by atoms with Crippen LogP contribution in [0.3, 0.4) is 0 Å². The summed E-state index contributed by atoms with van der Waals surface area (Å²) in [6.07, 6.45) is 7.45. The number of aromatic nitrogens is 1. The summed E-state index contributed by atoms with van der Waals surface area (Å²) in [4.78, 5) is 9.40. The Balaban J connectivity index is 1.03. The van der Waals surface area contributed by atoms with Gasteiger partial charge in [0, 0.05) is 35.2 Å². The average Bonchev–Trinajstić information content (AvgIpc) is 3.54. The first kappa shape index (κ1) is 35.9. The number of hydrogen-bond donors (Lipinski definition) is 1. The first-order valence-corrected chi connectivity index (χ1v) is 20.1. The highest BCUT2D eigenvalue weighted by Gasteiger charge is 2.38. The van der Waals surface area contributed by atoms with E-state index in [0.29, 0.717) is 11.4 Å². The van der Waals surface area contributed by atoms with Crippen LogP contribution < -0.4 is 0 Å². The van der Waals surface area contributed by atoms with Crippen molar-refractivity contribution in [2.24, 2.45) is 4.99 Å². The number of nitrogens with one attached hydrogen (secondary N) is 1. The van der Waals surface area contributed by atoms with Crippen molar-refractivity contribution in [2.45, 2.75) is 19.3 Å². The number of aliphatic imine (C=N–C) groups is 1. The molecule has 280 valence electrons. The van der Waals surface area contributed by atoms with Crippen molar-refractivity contribution in [3.63, 3.8) is 0 Å². The van der Waals surface area contributed by atoms with Gasteiger partial charge >= 0.3 is 0 Å². The van der Waals surface area contributed by atoms with E-state index in [1.165, 1.54) is 55.3 Å². The average molecular weight is 756 g/mol. The van der Waals surface area contributed by atoms with Crippen molar-refractivity contribution >= 4 is 39.2 Å². The SMILES string of the molecule is CC1(C)c2ccc3ccccc3c2-c2cccc(-c3cccc(-c4ccc(C=N/C(=C\C(=N)c5ccccc5)c5ccc(-c6cccnc6)cc5)c5ccccc45)c3)c21. The number of rotatable bonds is 8. The maximum absolute atomic E-state index is 8.97. The van der Waals surface area contributed by atoms with Gasteiger partial charge in [-0.25, -0.2) is 0 Å². The van der Waals surface area contributed by atoms with Crippen molar-refractivity contribution in [3.8, 4) is 44.5 Å². The van der Waals surface area contributed by atoms with Crippen LogP contribution in [0.1, 0.15) is 41.7 Å². The van der Waals surface area contributed by atoms with Crippen molar-refractivity contribution in [1.29, 1.82) is 5.41 Å². The molecule has 59 heavy (non-hydrogen) atoms. The number of nitrogens with zero attached hydrogens (tertiary/aromatic N) is 2. The molecule has 0 unspecified atom stereocenters. The highest BCUT2D eigenvalue weighted by molar-refractivity contribution is 6.12. The second-order valence-electron chi connectivity index (χ2n) is 15.8. The van der Waals surface area contributed by atoms with E-state index in [1.807, 2.05) is 54.9 Å². The fraction of sp³-hybridized carbons (Fsp3) is 0.0536. The van der Waals surface area contributed by atoms with Crippen LogP contribution in [-0.2, 0) is 5.41 Å². The van der Waals surface area contributed by atoms with Crippen LogP contribution in [-0.4, -0.2) is 16.9 Å². The Morgan fingerprint density at radius 2 is 1.24 bits per heavy atom. The number of benzene rings is 8. The van der Waals surface area contributed by atoms with E-state index < -0.39 is 0 Å². The zero-order valence-electron chi connectivity index (χ0n) is 33.0. The fourth-order valence-electron chi connectivity index (χ4n) is 8.97. The van der Waals surface area contributed by atoms with E-state index in [4.69, 9.17) is 10.4 Å². The molecule has 0 saturated heterocycles. The van der Waals surface area contributed by atoms with E-state index in [-0.39, 0.29) is 5.41 Å². The molecule has 3 heteroatoms. The van der Waals surface area contributed by atoms with E-state index in [9.17, 15) is 0 Å². The molecule has 3 nitrogen and oxygen atoms in total. The topological polar surface area (TPSA) is 49.1 Å². The number of allylic oxidation sites excluding steroid dienone is 1. The molecule has 1 heterocycles. The van der Waals surface area contributed by atoms with Gasteiger partial charge in [-0.1, -0.05) is 184 Å². The lowest BCUT2D eigenvalue weighted by molar-refractivity contribution is 0.662. The summed E-state index contributed by atoms with van der Waals surface area (Å²) in [5, 5.41) is 13.8. The minimum atomic E-state index is -0.150. The first-order valence-electron chi connectivity index (χ1n) is 20.1. The maximum atomic E-state index is 8.97. The normalized spacial score (nSPS) is 13.2. The minimum absolute atomic E-state index is 0.150. The molecule has 1 N–H and O–H groups in total. The summed E-state index contributed by atoms with van der Waals surface area (Å²) in [6.45, 7) is 4.74. The molecule has 1 aromatic heterocycles. The summed E-state index contributed by atoms with van der Waals surface area (Å²) >= 11 is 0. The Labute approximate surface area is 345 Å². The lowest BCUT2D eigenvalue weighted by Gasteiger charge is -2.25. The smallest absolute Gasteiger partial charge is 0.0723 e. The van der Waals surface area contributed by atoms with E-state index in [2.05, 4.69) is 164 Å². The lowest BCUT2D eigenvalue weighted by Crippen LogP contribution is -2.16. The summed E-state index contributed by atoms with van der Waals surface area (Å²) < 4.78 is 0. The molecule has 0 saturated carbocycles. The van der Waals surface area contributed by atoms with E-state index >= 15 is 0 Å². The number of pyridine rings is 1. The second-order valence-corrected chi connectivity index (χ2v) is 15.8. The molecule has 0 atom stereocenters. The molecule has 1 aliphatic carbocycles. The highest BCUT2D eigenvalue weighted by Crippen LogP contribution is 2.54. The Bertz CT molecular complexity index is 3120. The molecule has 9 aromatic rings. The standard InChI is InChI=1S/C56H41N3/c1-56(2)51-31-29-38-13-6-7-20-47(38)54(51)50-23-11-22-48(55(50)56)42-17-10-16-41(33-42)46-30-28-44(45-19-8-9-21-49(45)46)36-59-53(34-52(57)39-14-4-3-5-15-39)40-26-24-37(25-27-40)43-18-12-32-58-35-43/h3-36,57H,1-2H3/b53-34-,57-52?,59-36?. The van der Waals surface area contributed by atoms with Crippen LogP contribution in [0, 0.1) is 5.41 Å². The minimum Gasteiger partial charge on any atom is -0.300 e.